The van der Waals surface area contributed by atoms with E-state index in [1.165, 1.54) is 16.8 Å². The van der Waals surface area contributed by atoms with E-state index in [2.05, 4.69) is 15.5 Å². The first kappa shape index (κ1) is 15.0. The number of ether oxygens (including phenoxy) is 1. The van der Waals surface area contributed by atoms with Crippen LogP contribution in [-0.4, -0.2) is 20.2 Å². The predicted octanol–water partition coefficient (Wildman–Crippen LogP) is 3.26. The minimum absolute atomic E-state index is 0.0609. The van der Waals surface area contributed by atoms with Crippen LogP contribution in [0.2, 0.25) is 0 Å². The van der Waals surface area contributed by atoms with Crippen LogP contribution in [0.15, 0.2) is 54.6 Å². The highest BCUT2D eigenvalue weighted by Crippen LogP contribution is 2.29. The number of hydrogen-bond acceptors (Lipinski definition) is 4. The van der Waals surface area contributed by atoms with Gasteiger partial charge in [-0.3, -0.25) is 0 Å². The summed E-state index contributed by atoms with van der Waals surface area (Å²) in [6.45, 7) is 0.0609. The Kier molecular flexibility index (Phi) is 3.96. The maximum absolute atomic E-state index is 12.5. The Bertz CT molecular complexity index is 769. The molecule has 1 aromatic heterocycles. The molecule has 0 aliphatic rings. The topological polar surface area (TPSA) is 52.8 Å². The van der Waals surface area contributed by atoms with Crippen molar-refractivity contribution in [1.82, 2.24) is 20.2 Å². The van der Waals surface area contributed by atoms with Gasteiger partial charge in [0.25, 0.3) is 0 Å². The molecule has 0 aliphatic carbocycles. The molecule has 0 saturated carbocycles. The van der Waals surface area contributed by atoms with E-state index in [1.54, 1.807) is 12.1 Å². The summed E-state index contributed by atoms with van der Waals surface area (Å²) in [5, 5.41) is 11.1. The number of nitrogens with zero attached hydrogens (tertiary/aromatic N) is 4. The van der Waals surface area contributed by atoms with Crippen molar-refractivity contribution in [2.75, 3.05) is 0 Å². The van der Waals surface area contributed by atoms with Gasteiger partial charge in [-0.2, -0.15) is 17.9 Å². The van der Waals surface area contributed by atoms with Crippen LogP contribution in [0.4, 0.5) is 13.2 Å². The first-order valence-electron chi connectivity index (χ1n) is 6.67. The van der Waals surface area contributed by atoms with Gasteiger partial charge in [0.2, 0.25) is 0 Å². The van der Waals surface area contributed by atoms with Crippen molar-refractivity contribution in [1.29, 1.82) is 0 Å². The van der Waals surface area contributed by atoms with Crippen LogP contribution in [0.3, 0.4) is 0 Å². The summed E-state index contributed by atoms with van der Waals surface area (Å²) in [5.74, 6) is 0. The molecule has 0 N–H and O–H groups in total. The van der Waals surface area contributed by atoms with E-state index in [0.29, 0.717) is 5.56 Å². The quantitative estimate of drug-likeness (QED) is 0.740. The Morgan fingerprint density at radius 3 is 2.30 bits per heavy atom. The Balaban J connectivity index is 1.71. The second-order valence-electron chi connectivity index (χ2n) is 4.69. The highest BCUT2D eigenvalue weighted by Gasteiger charge is 2.29. The Labute approximate surface area is 129 Å². The van der Waals surface area contributed by atoms with E-state index in [-0.39, 0.29) is 12.6 Å². The van der Waals surface area contributed by atoms with Gasteiger partial charge in [0.15, 0.2) is 0 Å². The van der Waals surface area contributed by atoms with Gasteiger partial charge in [-0.25, -0.2) is 0 Å². The Morgan fingerprint density at radius 2 is 1.65 bits per heavy atom. The second-order valence-corrected chi connectivity index (χ2v) is 4.69. The molecule has 2 aromatic carbocycles. The predicted molar refractivity (Wildman–Crippen MR) is 74.9 cm³/mol. The van der Waals surface area contributed by atoms with E-state index in [9.17, 15) is 13.2 Å². The van der Waals surface area contributed by atoms with Crippen molar-refractivity contribution in [3.63, 3.8) is 0 Å². The summed E-state index contributed by atoms with van der Waals surface area (Å²) in [6.07, 6.45) is -4.35. The molecular formula is C15H11F3N4O. The normalized spacial score (nSPS) is 11.4. The third-order valence-electron chi connectivity index (χ3n) is 3.09. The number of rotatable bonds is 4. The summed E-state index contributed by atoms with van der Waals surface area (Å²) >= 11 is 0. The van der Waals surface area contributed by atoms with Crippen molar-refractivity contribution >= 4 is 0 Å². The molecule has 8 heteroatoms. The van der Waals surface area contributed by atoms with E-state index in [1.807, 2.05) is 18.2 Å². The fraction of sp³-hybridized carbons (Fsp3) is 0.133. The van der Waals surface area contributed by atoms with E-state index in [0.717, 1.165) is 17.8 Å². The van der Waals surface area contributed by atoms with Gasteiger partial charge in [0.05, 0.1) is 11.3 Å². The molecular weight excluding hydrogens is 309 g/mol. The summed E-state index contributed by atoms with van der Waals surface area (Å²) in [5.41, 5.74) is 0.607. The number of benzene rings is 2. The standard InChI is InChI=1S/C15H11F3N4O/c16-15(17,18)12-8-6-11(7-9-12)10-23-14-19-20-21-22(14)13-4-2-1-3-5-13/h1-9H,10H2. The fourth-order valence-corrected chi connectivity index (χ4v) is 1.94. The highest BCUT2D eigenvalue weighted by molar-refractivity contribution is 5.31. The zero-order valence-corrected chi connectivity index (χ0v) is 11.7. The SMILES string of the molecule is FC(F)(F)c1ccc(COc2nnnn2-c2ccccc2)cc1. The molecule has 5 nitrogen and oxygen atoms in total. The molecule has 0 radical (unpaired) electrons. The first-order chi connectivity index (χ1) is 11.0. The largest absolute Gasteiger partial charge is 0.457 e. The molecule has 1 heterocycles. The summed E-state index contributed by atoms with van der Waals surface area (Å²) in [7, 11) is 0. The van der Waals surface area contributed by atoms with Gasteiger partial charge in [-0.1, -0.05) is 35.4 Å². The van der Waals surface area contributed by atoms with Gasteiger partial charge < -0.3 is 4.74 Å². The molecule has 3 rings (SSSR count). The van der Waals surface area contributed by atoms with Crippen molar-refractivity contribution in [2.45, 2.75) is 12.8 Å². The average molecular weight is 320 g/mol. The zero-order valence-electron chi connectivity index (χ0n) is 11.7. The van der Waals surface area contributed by atoms with E-state index < -0.39 is 11.7 Å². The maximum atomic E-state index is 12.5. The Hall–Kier alpha value is -2.90. The lowest BCUT2D eigenvalue weighted by molar-refractivity contribution is -0.137. The molecule has 0 fully saturated rings. The van der Waals surface area contributed by atoms with Crippen LogP contribution in [0.5, 0.6) is 6.01 Å². The van der Waals surface area contributed by atoms with Crippen LogP contribution in [0.25, 0.3) is 5.69 Å². The van der Waals surface area contributed by atoms with Crippen molar-refractivity contribution < 1.29 is 17.9 Å². The van der Waals surface area contributed by atoms with Gasteiger partial charge in [-0.15, -0.1) is 0 Å². The molecule has 0 spiro atoms. The van der Waals surface area contributed by atoms with Crippen molar-refractivity contribution in [3.8, 4) is 11.7 Å². The van der Waals surface area contributed by atoms with Crippen molar-refractivity contribution in [2.24, 2.45) is 0 Å². The molecule has 0 saturated heterocycles. The summed E-state index contributed by atoms with van der Waals surface area (Å²) in [6, 6.07) is 14.0. The van der Waals surface area contributed by atoms with Crippen LogP contribution >= 0.6 is 0 Å². The zero-order chi connectivity index (χ0) is 16.3. The van der Waals surface area contributed by atoms with Gasteiger partial charge in [0, 0.05) is 0 Å². The molecule has 23 heavy (non-hydrogen) atoms. The molecule has 0 amide bonds. The van der Waals surface area contributed by atoms with Crippen molar-refractivity contribution in [3.05, 3.63) is 65.7 Å². The minimum atomic E-state index is -4.35. The van der Waals surface area contributed by atoms with Gasteiger partial charge >= 0.3 is 12.2 Å². The number of aromatic nitrogens is 4. The highest BCUT2D eigenvalue weighted by atomic mass is 19.4. The smallest absolute Gasteiger partial charge is 0.416 e. The number of para-hydroxylation sites is 1. The number of halogens is 3. The molecule has 0 atom stereocenters. The summed E-state index contributed by atoms with van der Waals surface area (Å²) < 4.78 is 44.4. The van der Waals surface area contributed by atoms with Crippen LogP contribution in [0.1, 0.15) is 11.1 Å². The van der Waals surface area contributed by atoms with Crippen LogP contribution < -0.4 is 4.74 Å². The van der Waals surface area contributed by atoms with Crippen LogP contribution in [0, 0.1) is 0 Å². The third kappa shape index (κ3) is 3.47. The first-order valence-corrected chi connectivity index (χ1v) is 6.67. The second kappa shape index (κ2) is 6.07. The number of hydrogen-bond donors (Lipinski definition) is 0. The summed E-state index contributed by atoms with van der Waals surface area (Å²) in [4.78, 5) is 0. The fourth-order valence-electron chi connectivity index (χ4n) is 1.94. The molecule has 0 unspecified atom stereocenters. The number of alkyl halides is 3. The molecule has 118 valence electrons. The van der Waals surface area contributed by atoms with Crippen LogP contribution in [-0.2, 0) is 12.8 Å². The van der Waals surface area contributed by atoms with E-state index >= 15 is 0 Å². The number of tetrazole rings is 1. The monoisotopic (exact) mass is 320 g/mol. The van der Waals surface area contributed by atoms with E-state index in [4.69, 9.17) is 4.74 Å². The third-order valence-corrected chi connectivity index (χ3v) is 3.09. The lowest BCUT2D eigenvalue weighted by atomic mass is 10.1. The molecule has 0 aliphatic heterocycles. The lowest BCUT2D eigenvalue weighted by Gasteiger charge is -2.09. The minimum Gasteiger partial charge on any atom is -0.457 e. The lowest BCUT2D eigenvalue weighted by Crippen LogP contribution is -2.06. The van der Waals surface area contributed by atoms with Gasteiger partial charge in [0.1, 0.15) is 6.61 Å². The maximum Gasteiger partial charge on any atom is 0.416 e. The average Bonchev–Trinajstić information content (AvgIpc) is 3.02. The van der Waals surface area contributed by atoms with Gasteiger partial charge in [-0.05, 0) is 40.3 Å². The molecule has 3 aromatic rings. The molecule has 0 bridgehead atoms. The Morgan fingerprint density at radius 1 is 0.957 bits per heavy atom.